The first-order valence-corrected chi connectivity index (χ1v) is 5.59. The van der Waals surface area contributed by atoms with E-state index >= 15 is 0 Å². The fraction of sp³-hybridized carbons (Fsp3) is 0.400. The summed E-state index contributed by atoms with van der Waals surface area (Å²) in [5.74, 6) is 0.635. The van der Waals surface area contributed by atoms with Gasteiger partial charge in [-0.25, -0.2) is 0 Å². The molecule has 0 radical (unpaired) electrons. The number of furan rings is 1. The molecule has 1 fully saturated rings. The number of nitrogens with zero attached hydrogens (tertiary/aromatic N) is 1. The molecule has 1 aliphatic rings. The second-order valence-corrected chi connectivity index (χ2v) is 4.98. The summed E-state index contributed by atoms with van der Waals surface area (Å²) in [6, 6.07) is 1.80. The molecular weight excluding hydrogens is 274 g/mol. The minimum atomic E-state index is -0.646. The Hall–Kier alpha value is -1.30. The summed E-state index contributed by atoms with van der Waals surface area (Å²) in [6.07, 6.45) is 1.83. The van der Waals surface area contributed by atoms with Gasteiger partial charge in [-0.2, -0.15) is 0 Å². The van der Waals surface area contributed by atoms with E-state index in [1.807, 2.05) is 6.92 Å². The van der Waals surface area contributed by atoms with Crippen LogP contribution in [0.5, 0.6) is 0 Å². The molecule has 1 aliphatic heterocycles. The number of carbonyl (C=O) groups excluding carboxylic acids is 1. The van der Waals surface area contributed by atoms with Crippen LogP contribution in [0.4, 0.5) is 0 Å². The minimum Gasteiger partial charge on any atom is -0.466 e. The lowest BCUT2D eigenvalue weighted by atomic mass is 9.92. The number of nitrogens with one attached hydrogen (secondary N) is 2. The standard InChI is InChI=1S/C10H12BrN3O2/c1-10(7-3-6(11)5-16-7)4-8(15)14(2)9(12)13-10/h3,5H,4H2,1-2H3,(H2,12,13)/t10-/m0/s1. The molecule has 2 N–H and O–H groups in total. The summed E-state index contributed by atoms with van der Waals surface area (Å²) < 4.78 is 6.18. The maximum atomic E-state index is 11.7. The van der Waals surface area contributed by atoms with Crippen molar-refractivity contribution in [1.82, 2.24) is 10.2 Å². The van der Waals surface area contributed by atoms with Gasteiger partial charge in [0.25, 0.3) is 0 Å². The Bertz CT molecular complexity index is 437. The van der Waals surface area contributed by atoms with Gasteiger partial charge in [-0.05, 0) is 28.9 Å². The summed E-state index contributed by atoms with van der Waals surface area (Å²) in [4.78, 5) is 13.0. The average Bonchev–Trinajstić information content (AvgIpc) is 2.62. The molecule has 0 bridgehead atoms. The van der Waals surface area contributed by atoms with Gasteiger partial charge in [0.1, 0.15) is 17.6 Å². The highest BCUT2D eigenvalue weighted by Crippen LogP contribution is 2.31. The van der Waals surface area contributed by atoms with Crippen LogP contribution in [0.2, 0.25) is 0 Å². The van der Waals surface area contributed by atoms with Gasteiger partial charge in [-0.15, -0.1) is 0 Å². The Labute approximate surface area is 101 Å². The van der Waals surface area contributed by atoms with Crippen LogP contribution in [0.15, 0.2) is 21.2 Å². The lowest BCUT2D eigenvalue weighted by Gasteiger charge is -2.37. The minimum absolute atomic E-state index is 0.0891. The third-order valence-corrected chi connectivity index (χ3v) is 3.14. The van der Waals surface area contributed by atoms with Crippen molar-refractivity contribution in [1.29, 1.82) is 5.41 Å². The largest absolute Gasteiger partial charge is 0.466 e. The molecule has 0 spiro atoms. The Balaban J connectivity index is 2.33. The van der Waals surface area contributed by atoms with Crippen LogP contribution >= 0.6 is 15.9 Å². The van der Waals surface area contributed by atoms with Crippen LogP contribution in [-0.2, 0) is 10.3 Å². The highest BCUT2D eigenvalue weighted by Gasteiger charge is 2.40. The first-order valence-electron chi connectivity index (χ1n) is 4.80. The predicted octanol–water partition coefficient (Wildman–Crippen LogP) is 1.64. The first-order chi connectivity index (χ1) is 7.42. The molecule has 16 heavy (non-hydrogen) atoms. The summed E-state index contributed by atoms with van der Waals surface area (Å²) in [5, 5.41) is 10.7. The summed E-state index contributed by atoms with van der Waals surface area (Å²) in [7, 11) is 1.58. The first kappa shape index (κ1) is 11.2. The van der Waals surface area contributed by atoms with Gasteiger partial charge in [-0.1, -0.05) is 0 Å². The zero-order valence-electron chi connectivity index (χ0n) is 9.00. The van der Waals surface area contributed by atoms with Gasteiger partial charge in [0, 0.05) is 7.05 Å². The summed E-state index contributed by atoms with van der Waals surface area (Å²) in [5.41, 5.74) is -0.646. The van der Waals surface area contributed by atoms with Gasteiger partial charge in [0.05, 0.1) is 10.9 Å². The van der Waals surface area contributed by atoms with Crippen molar-refractivity contribution in [2.45, 2.75) is 18.9 Å². The molecule has 1 atom stereocenters. The molecule has 0 aromatic carbocycles. The third kappa shape index (κ3) is 1.73. The van der Waals surface area contributed by atoms with Crippen molar-refractivity contribution in [3.8, 4) is 0 Å². The van der Waals surface area contributed by atoms with Crippen molar-refractivity contribution in [3.63, 3.8) is 0 Å². The molecule has 6 heteroatoms. The molecule has 1 aromatic rings. The highest BCUT2D eigenvalue weighted by molar-refractivity contribution is 9.10. The third-order valence-electron chi connectivity index (χ3n) is 2.72. The van der Waals surface area contributed by atoms with E-state index in [2.05, 4.69) is 21.2 Å². The average molecular weight is 286 g/mol. The topological polar surface area (TPSA) is 69.3 Å². The van der Waals surface area contributed by atoms with Crippen molar-refractivity contribution < 1.29 is 9.21 Å². The van der Waals surface area contributed by atoms with Crippen LogP contribution < -0.4 is 5.32 Å². The Morgan fingerprint density at radius 1 is 1.69 bits per heavy atom. The number of hydrogen-bond acceptors (Lipinski definition) is 3. The molecule has 2 heterocycles. The number of guanidine groups is 1. The maximum absolute atomic E-state index is 11.7. The van der Waals surface area contributed by atoms with Crippen LogP contribution in [0, 0.1) is 5.41 Å². The Kier molecular flexibility index (Phi) is 2.53. The second kappa shape index (κ2) is 3.62. The zero-order chi connectivity index (χ0) is 11.9. The molecule has 0 aliphatic carbocycles. The molecule has 2 rings (SSSR count). The number of rotatable bonds is 1. The fourth-order valence-electron chi connectivity index (χ4n) is 1.69. The zero-order valence-corrected chi connectivity index (χ0v) is 10.6. The molecular formula is C10H12BrN3O2. The van der Waals surface area contributed by atoms with Crippen molar-refractivity contribution in [3.05, 3.63) is 22.6 Å². The number of amides is 1. The number of carbonyl (C=O) groups is 1. The van der Waals surface area contributed by atoms with Crippen LogP contribution in [0.1, 0.15) is 19.1 Å². The van der Waals surface area contributed by atoms with E-state index in [4.69, 9.17) is 9.83 Å². The van der Waals surface area contributed by atoms with Gasteiger partial charge < -0.3 is 9.73 Å². The van der Waals surface area contributed by atoms with E-state index in [0.29, 0.717) is 5.76 Å². The molecule has 5 nitrogen and oxygen atoms in total. The van der Waals surface area contributed by atoms with E-state index in [0.717, 1.165) is 4.47 Å². The molecule has 0 saturated carbocycles. The second-order valence-electron chi connectivity index (χ2n) is 4.06. The molecule has 86 valence electrons. The van der Waals surface area contributed by atoms with Gasteiger partial charge in [-0.3, -0.25) is 15.1 Å². The van der Waals surface area contributed by atoms with E-state index in [1.54, 1.807) is 19.4 Å². The SMILES string of the molecule is CN1C(=N)N[C@](C)(c2cc(Br)co2)CC1=O. The van der Waals surface area contributed by atoms with E-state index < -0.39 is 5.54 Å². The Morgan fingerprint density at radius 3 is 2.88 bits per heavy atom. The van der Waals surface area contributed by atoms with Gasteiger partial charge >= 0.3 is 0 Å². The predicted molar refractivity (Wildman–Crippen MR) is 62.0 cm³/mol. The van der Waals surface area contributed by atoms with E-state index in [1.165, 1.54) is 4.90 Å². The van der Waals surface area contributed by atoms with Crippen LogP contribution in [-0.4, -0.2) is 23.8 Å². The molecule has 1 saturated heterocycles. The summed E-state index contributed by atoms with van der Waals surface area (Å²) >= 11 is 3.29. The molecule has 0 unspecified atom stereocenters. The fourth-order valence-corrected chi connectivity index (χ4v) is 1.99. The smallest absolute Gasteiger partial charge is 0.231 e. The molecule has 1 aromatic heterocycles. The van der Waals surface area contributed by atoms with Crippen LogP contribution in [0.25, 0.3) is 0 Å². The lowest BCUT2D eigenvalue weighted by Crippen LogP contribution is -2.58. The highest BCUT2D eigenvalue weighted by atomic mass is 79.9. The lowest BCUT2D eigenvalue weighted by molar-refractivity contribution is -0.129. The van der Waals surface area contributed by atoms with E-state index in [-0.39, 0.29) is 18.3 Å². The normalized spacial score (nSPS) is 25.8. The monoisotopic (exact) mass is 285 g/mol. The van der Waals surface area contributed by atoms with Crippen molar-refractivity contribution >= 4 is 27.8 Å². The number of hydrogen-bond donors (Lipinski definition) is 2. The number of halogens is 1. The maximum Gasteiger partial charge on any atom is 0.231 e. The quantitative estimate of drug-likeness (QED) is 0.824. The van der Waals surface area contributed by atoms with Crippen molar-refractivity contribution in [2.75, 3.05) is 7.05 Å². The van der Waals surface area contributed by atoms with E-state index in [9.17, 15) is 4.79 Å². The van der Waals surface area contributed by atoms with Gasteiger partial charge in [0.2, 0.25) is 5.91 Å². The Morgan fingerprint density at radius 2 is 2.38 bits per heavy atom. The summed E-state index contributed by atoms with van der Waals surface area (Å²) in [6.45, 7) is 1.84. The molecule has 1 amide bonds. The van der Waals surface area contributed by atoms with Gasteiger partial charge in [0.15, 0.2) is 5.96 Å². The van der Waals surface area contributed by atoms with Crippen molar-refractivity contribution in [2.24, 2.45) is 0 Å². The van der Waals surface area contributed by atoms with Crippen LogP contribution in [0.3, 0.4) is 0 Å².